The number of rotatable bonds is 4. The van der Waals surface area contributed by atoms with Crippen LogP contribution in [-0.4, -0.2) is 53.8 Å². The number of hydrogen-bond donors (Lipinski definition) is 0. The van der Waals surface area contributed by atoms with Crippen LogP contribution in [0.2, 0.25) is 0 Å². The van der Waals surface area contributed by atoms with Gasteiger partial charge in [-0.3, -0.25) is 9.80 Å². The minimum Gasteiger partial charge on any atom is -0.488 e. The molecule has 0 saturated carbocycles. The number of amidine groups is 1. The summed E-state index contributed by atoms with van der Waals surface area (Å²) in [5, 5.41) is 6.32. The Morgan fingerprint density at radius 3 is 2.69 bits per heavy atom. The third-order valence-electron chi connectivity index (χ3n) is 5.63. The molecular weight excluding hydrogens is 423 g/mol. The molecule has 3 aliphatic rings. The van der Waals surface area contributed by atoms with Crippen LogP contribution in [0.4, 0.5) is 13.2 Å². The van der Waals surface area contributed by atoms with Crippen LogP contribution in [0.3, 0.4) is 0 Å². The van der Waals surface area contributed by atoms with Crippen molar-refractivity contribution in [3.8, 4) is 11.5 Å². The summed E-state index contributed by atoms with van der Waals surface area (Å²) in [7, 11) is 0. The summed E-state index contributed by atoms with van der Waals surface area (Å²) < 4.78 is 47.1. The van der Waals surface area contributed by atoms with Crippen molar-refractivity contribution in [1.29, 1.82) is 0 Å². The Hall–Kier alpha value is -3.49. The average molecular weight is 443 g/mol. The van der Waals surface area contributed by atoms with Gasteiger partial charge in [0.1, 0.15) is 24.3 Å². The Balaban J connectivity index is 1.23. The highest BCUT2D eigenvalue weighted by Crippen LogP contribution is 2.30. The van der Waals surface area contributed by atoms with E-state index in [1.807, 2.05) is 28.1 Å². The van der Waals surface area contributed by atoms with E-state index in [1.165, 1.54) is 35.9 Å². The van der Waals surface area contributed by atoms with E-state index in [9.17, 15) is 18.0 Å². The van der Waals surface area contributed by atoms with Crippen molar-refractivity contribution in [3.05, 3.63) is 65.7 Å². The first kappa shape index (κ1) is 20.4. The number of fused-ring (bicyclic) bond motifs is 2. The van der Waals surface area contributed by atoms with E-state index >= 15 is 0 Å². The van der Waals surface area contributed by atoms with E-state index in [0.29, 0.717) is 31.2 Å². The molecule has 3 aliphatic heterocycles. The number of aryl methyl sites for hydroxylation is 1. The maximum atomic E-state index is 12.6. The Morgan fingerprint density at radius 2 is 1.91 bits per heavy atom. The van der Waals surface area contributed by atoms with Crippen LogP contribution < -0.4 is 9.47 Å². The van der Waals surface area contributed by atoms with E-state index < -0.39 is 6.36 Å². The molecule has 32 heavy (non-hydrogen) atoms. The Labute approximate surface area is 182 Å². The van der Waals surface area contributed by atoms with Crippen molar-refractivity contribution in [2.45, 2.75) is 25.3 Å². The topological polar surface area (TPSA) is 54.4 Å². The molecule has 0 N–H and O–H groups in total. The summed E-state index contributed by atoms with van der Waals surface area (Å²) in [4.78, 5) is 14.5. The number of alkyl halides is 3. The van der Waals surface area contributed by atoms with Gasteiger partial charge in [0.25, 0.3) is 0 Å². The predicted molar refractivity (Wildman–Crippen MR) is 111 cm³/mol. The van der Waals surface area contributed by atoms with Crippen LogP contribution in [0.1, 0.15) is 17.5 Å². The molecule has 5 rings (SSSR count). The molecule has 1 unspecified atom stereocenters. The van der Waals surface area contributed by atoms with E-state index in [4.69, 9.17) is 4.74 Å². The second-order valence-electron chi connectivity index (χ2n) is 7.94. The van der Waals surface area contributed by atoms with Gasteiger partial charge in [0.2, 0.25) is 5.78 Å². The monoisotopic (exact) mass is 443 g/mol. The quantitative estimate of drug-likeness (QED) is 0.719. The Bertz CT molecular complexity index is 1100. The number of hydrazone groups is 1. The molecule has 0 saturated heterocycles. The fraction of sp³-hybridized carbons (Fsp3) is 0.304. The third kappa shape index (κ3) is 4.28. The molecular formula is C23H20F3N3O3. The van der Waals surface area contributed by atoms with Crippen LogP contribution >= 0.6 is 0 Å². The predicted octanol–water partition coefficient (Wildman–Crippen LogP) is 3.83. The number of benzene rings is 2. The zero-order valence-electron chi connectivity index (χ0n) is 17.0. The number of nitrogens with zero attached hydrogens (tertiary/aromatic N) is 3. The zero-order valence-corrected chi connectivity index (χ0v) is 17.0. The number of halogens is 3. The number of carbonyl (C=O) groups is 1. The molecule has 9 heteroatoms. The average Bonchev–Trinajstić information content (AvgIpc) is 3.16. The van der Waals surface area contributed by atoms with Crippen LogP contribution in [0.5, 0.6) is 11.5 Å². The number of hydrogen-bond acceptors (Lipinski definition) is 6. The summed E-state index contributed by atoms with van der Waals surface area (Å²) >= 11 is 0. The minimum atomic E-state index is -4.74. The first-order valence-electron chi connectivity index (χ1n) is 10.3. The molecule has 2 aromatic carbocycles. The Kier molecular flexibility index (Phi) is 5.03. The van der Waals surface area contributed by atoms with Crippen LogP contribution in [0.25, 0.3) is 5.57 Å². The summed E-state index contributed by atoms with van der Waals surface area (Å²) in [5.41, 5.74) is 2.58. The maximum absolute atomic E-state index is 12.6. The van der Waals surface area contributed by atoms with Gasteiger partial charge in [-0.2, -0.15) is 5.10 Å². The molecule has 0 fully saturated rings. The second kappa shape index (κ2) is 7.89. The van der Waals surface area contributed by atoms with E-state index in [-0.39, 0.29) is 17.6 Å². The molecule has 6 nitrogen and oxygen atoms in total. The smallest absolute Gasteiger partial charge is 0.488 e. The largest absolute Gasteiger partial charge is 0.573 e. The van der Waals surface area contributed by atoms with Crippen LogP contribution in [0, 0.1) is 0 Å². The molecule has 3 heterocycles. The SMILES string of the molecule is O=C1C=C(c2ccc(OC(F)(F)F)cc2)CN2CN(CC3CCc4ccccc4O3)N=C12. The first-order chi connectivity index (χ1) is 15.3. The fourth-order valence-corrected chi connectivity index (χ4v) is 4.18. The number of ketones is 1. The van der Waals surface area contributed by atoms with Crippen molar-refractivity contribution in [2.24, 2.45) is 5.10 Å². The highest BCUT2D eigenvalue weighted by molar-refractivity contribution is 6.45. The molecule has 166 valence electrons. The Morgan fingerprint density at radius 1 is 1.12 bits per heavy atom. The summed E-state index contributed by atoms with van der Waals surface area (Å²) in [6.07, 6.45) is -1.45. The van der Waals surface area contributed by atoms with Crippen molar-refractivity contribution in [3.63, 3.8) is 0 Å². The zero-order chi connectivity index (χ0) is 22.3. The second-order valence-corrected chi connectivity index (χ2v) is 7.94. The summed E-state index contributed by atoms with van der Waals surface area (Å²) in [5.74, 6) is 0.750. The van der Waals surface area contributed by atoms with Gasteiger partial charge in [0.05, 0.1) is 6.54 Å². The van der Waals surface area contributed by atoms with Crippen molar-refractivity contribution in [2.75, 3.05) is 19.8 Å². The van der Waals surface area contributed by atoms with Gasteiger partial charge in [-0.25, -0.2) is 0 Å². The highest BCUT2D eigenvalue weighted by Gasteiger charge is 2.34. The van der Waals surface area contributed by atoms with E-state index in [0.717, 1.165) is 24.2 Å². The lowest BCUT2D eigenvalue weighted by molar-refractivity contribution is -0.274. The van der Waals surface area contributed by atoms with Crippen LogP contribution in [0.15, 0.2) is 59.7 Å². The minimum absolute atomic E-state index is 0.0145. The van der Waals surface area contributed by atoms with Gasteiger partial charge >= 0.3 is 6.36 Å². The van der Waals surface area contributed by atoms with Crippen molar-refractivity contribution >= 4 is 17.2 Å². The molecule has 0 amide bonds. The standard InChI is InChI=1S/C23H20F3N3O3/c24-23(25,26)32-18-8-5-15(6-9-18)17-11-20(30)22-27-29(14-28(22)12-17)13-19-10-7-16-3-1-2-4-21(16)31-19/h1-6,8-9,11,19H,7,10,12-14H2. The molecule has 0 radical (unpaired) electrons. The van der Waals surface area contributed by atoms with Gasteiger partial charge in [-0.05, 0) is 53.8 Å². The van der Waals surface area contributed by atoms with Gasteiger partial charge in [-0.15, -0.1) is 13.2 Å². The van der Waals surface area contributed by atoms with Crippen molar-refractivity contribution < 1.29 is 27.4 Å². The molecule has 1 atom stereocenters. The van der Waals surface area contributed by atoms with E-state index in [2.05, 4.69) is 15.9 Å². The molecule has 0 spiro atoms. The number of para-hydroxylation sites is 1. The molecule has 2 aromatic rings. The van der Waals surface area contributed by atoms with Crippen molar-refractivity contribution in [1.82, 2.24) is 9.91 Å². The summed E-state index contributed by atoms with van der Waals surface area (Å²) in [6, 6.07) is 13.5. The molecule has 0 bridgehead atoms. The molecule has 0 aliphatic carbocycles. The lowest BCUT2D eigenvalue weighted by Crippen LogP contribution is -2.40. The molecule has 0 aromatic heterocycles. The normalized spacial score (nSPS) is 20.2. The fourth-order valence-electron chi connectivity index (χ4n) is 4.18. The lowest BCUT2D eigenvalue weighted by atomic mass is 10.0. The van der Waals surface area contributed by atoms with Crippen LogP contribution in [-0.2, 0) is 11.2 Å². The highest BCUT2D eigenvalue weighted by atomic mass is 19.4. The lowest BCUT2D eigenvalue weighted by Gasteiger charge is -2.29. The van der Waals surface area contributed by atoms with Gasteiger partial charge in [-0.1, -0.05) is 30.3 Å². The third-order valence-corrected chi connectivity index (χ3v) is 5.63. The van der Waals surface area contributed by atoms with E-state index in [1.54, 1.807) is 0 Å². The maximum Gasteiger partial charge on any atom is 0.573 e. The van der Waals surface area contributed by atoms with Gasteiger partial charge in [0, 0.05) is 6.54 Å². The van der Waals surface area contributed by atoms with Gasteiger partial charge in [0.15, 0.2) is 5.84 Å². The van der Waals surface area contributed by atoms with Gasteiger partial charge < -0.3 is 14.4 Å². The first-order valence-corrected chi connectivity index (χ1v) is 10.3. The summed E-state index contributed by atoms with van der Waals surface area (Å²) in [6.45, 7) is 1.46. The number of carbonyl (C=O) groups excluding carboxylic acids is 1. The number of ether oxygens (including phenoxy) is 2.